The van der Waals surface area contributed by atoms with Crippen LogP contribution in [-0.2, 0) is 9.53 Å². The van der Waals surface area contributed by atoms with Crippen LogP contribution in [0.5, 0.6) is 11.5 Å². The smallest absolute Gasteiger partial charge is 0.338 e. The van der Waals surface area contributed by atoms with Crippen molar-refractivity contribution >= 4 is 46.1 Å². The number of thiazole rings is 1. The minimum absolute atomic E-state index is 0.168. The zero-order valence-electron chi connectivity index (χ0n) is 21.5. The van der Waals surface area contributed by atoms with Crippen molar-refractivity contribution in [3.8, 4) is 11.5 Å². The Morgan fingerprint density at radius 2 is 1.88 bits per heavy atom. The Hall–Kier alpha value is -4.95. The second-order valence-electron chi connectivity index (χ2n) is 8.62. The van der Waals surface area contributed by atoms with Crippen molar-refractivity contribution < 1.29 is 24.1 Å². The van der Waals surface area contributed by atoms with Crippen LogP contribution in [0.1, 0.15) is 30.3 Å². The number of fused-ring (bicyclic) bond motifs is 1. The number of hydrogen-bond acceptors (Lipinski definition) is 11. The normalized spacial score (nSPS) is 14.8. The summed E-state index contributed by atoms with van der Waals surface area (Å²) in [5.74, 6) is -0.561. The van der Waals surface area contributed by atoms with E-state index in [9.17, 15) is 29.8 Å². The minimum atomic E-state index is -0.767. The van der Waals surface area contributed by atoms with E-state index in [2.05, 4.69) is 4.99 Å². The van der Waals surface area contributed by atoms with Crippen LogP contribution in [0, 0.1) is 20.2 Å². The molecule has 208 valence electrons. The van der Waals surface area contributed by atoms with E-state index in [1.807, 2.05) is 17.5 Å². The summed E-state index contributed by atoms with van der Waals surface area (Å²) in [4.78, 5) is 53.6. The van der Waals surface area contributed by atoms with E-state index in [0.29, 0.717) is 16.1 Å². The number of aromatic nitrogens is 1. The Morgan fingerprint density at radius 3 is 2.56 bits per heavy atom. The number of nitrogens with zero attached hydrogens (tertiary/aromatic N) is 4. The van der Waals surface area contributed by atoms with E-state index >= 15 is 0 Å². The fourth-order valence-corrected chi connectivity index (χ4v) is 6.17. The molecule has 0 amide bonds. The lowest BCUT2D eigenvalue weighted by molar-refractivity contribution is -0.394. The van der Waals surface area contributed by atoms with Gasteiger partial charge in [0.05, 0.1) is 38.3 Å². The highest BCUT2D eigenvalue weighted by Crippen LogP contribution is 2.36. The number of nitro groups is 2. The molecule has 14 heteroatoms. The lowest BCUT2D eigenvalue weighted by Gasteiger charge is -2.23. The van der Waals surface area contributed by atoms with Crippen molar-refractivity contribution in [2.24, 2.45) is 4.99 Å². The van der Waals surface area contributed by atoms with Crippen molar-refractivity contribution in [3.63, 3.8) is 0 Å². The molecule has 0 fully saturated rings. The number of non-ortho nitro benzene ring substituents is 1. The maximum absolute atomic E-state index is 13.8. The Bertz CT molecular complexity index is 1910. The number of esters is 1. The standard InChI is InChI=1S/C27H20N4O8S2/c1-3-38-26(33)23-15(2)28-27-29(24(23)21-9-6-12-40-21)25(32)22(41-27)13-16-7-4-5-8-19(16)39-20-11-10-17(30(34)35)14-18(20)31(36)37/h4-14,24H,3H2,1-2H3/b22-13+/t24-/m1/s1. The Labute approximate surface area is 239 Å². The molecule has 1 atom stereocenters. The summed E-state index contributed by atoms with van der Waals surface area (Å²) in [5, 5.41) is 24.5. The number of para-hydroxylation sites is 1. The molecule has 2 aromatic carbocycles. The van der Waals surface area contributed by atoms with Crippen molar-refractivity contribution in [1.29, 1.82) is 0 Å². The van der Waals surface area contributed by atoms with Gasteiger partial charge in [-0.2, -0.15) is 0 Å². The van der Waals surface area contributed by atoms with Gasteiger partial charge in [-0.05, 0) is 43.5 Å². The van der Waals surface area contributed by atoms with E-state index in [1.54, 1.807) is 44.2 Å². The number of carbonyl (C=O) groups is 1. The van der Waals surface area contributed by atoms with Crippen molar-refractivity contribution in [2.45, 2.75) is 19.9 Å². The van der Waals surface area contributed by atoms with Gasteiger partial charge in [-0.1, -0.05) is 35.6 Å². The van der Waals surface area contributed by atoms with Crippen LogP contribution in [0.25, 0.3) is 6.08 Å². The molecule has 0 aliphatic carbocycles. The second kappa shape index (κ2) is 11.3. The lowest BCUT2D eigenvalue weighted by Crippen LogP contribution is -2.39. The first-order valence-electron chi connectivity index (χ1n) is 12.1. The van der Waals surface area contributed by atoms with E-state index in [-0.39, 0.29) is 28.2 Å². The molecule has 0 saturated carbocycles. The monoisotopic (exact) mass is 592 g/mol. The quantitative estimate of drug-likeness (QED) is 0.165. The number of benzene rings is 2. The molecule has 4 aromatic rings. The third-order valence-corrected chi connectivity index (χ3v) is 8.01. The predicted octanol–water partition coefficient (Wildman–Crippen LogP) is 4.47. The fourth-order valence-electron chi connectivity index (χ4n) is 4.31. The molecule has 0 N–H and O–H groups in total. The molecule has 12 nitrogen and oxygen atoms in total. The number of nitro benzene ring substituents is 2. The van der Waals surface area contributed by atoms with Crippen LogP contribution in [0.3, 0.4) is 0 Å². The highest BCUT2D eigenvalue weighted by Gasteiger charge is 2.34. The first-order chi connectivity index (χ1) is 19.7. The van der Waals surface area contributed by atoms with Crippen LogP contribution in [-0.4, -0.2) is 27.0 Å². The van der Waals surface area contributed by atoms with E-state index in [1.165, 1.54) is 15.9 Å². The van der Waals surface area contributed by atoms with E-state index < -0.39 is 38.8 Å². The summed E-state index contributed by atoms with van der Waals surface area (Å²) in [7, 11) is 0. The first kappa shape index (κ1) is 27.6. The summed E-state index contributed by atoms with van der Waals surface area (Å²) in [6, 6.07) is 12.6. The summed E-state index contributed by atoms with van der Waals surface area (Å²) in [5.41, 5.74) is -0.258. The van der Waals surface area contributed by atoms with Crippen LogP contribution in [0.15, 0.2) is 81.0 Å². The number of allylic oxidation sites excluding steroid dienone is 1. The molecule has 0 bridgehead atoms. The van der Waals surface area contributed by atoms with Gasteiger partial charge in [-0.3, -0.25) is 29.6 Å². The molecule has 1 aliphatic rings. The van der Waals surface area contributed by atoms with Crippen LogP contribution in [0.2, 0.25) is 0 Å². The molecule has 0 spiro atoms. The Balaban J connectivity index is 1.62. The van der Waals surface area contributed by atoms with Crippen LogP contribution in [0.4, 0.5) is 11.4 Å². The van der Waals surface area contributed by atoms with Crippen molar-refractivity contribution in [1.82, 2.24) is 4.57 Å². The van der Waals surface area contributed by atoms with Gasteiger partial charge < -0.3 is 9.47 Å². The topological polar surface area (TPSA) is 156 Å². The maximum Gasteiger partial charge on any atom is 0.338 e. The summed E-state index contributed by atoms with van der Waals surface area (Å²) < 4.78 is 12.9. The fraction of sp³-hybridized carbons (Fsp3) is 0.148. The Morgan fingerprint density at radius 1 is 1.10 bits per heavy atom. The van der Waals surface area contributed by atoms with Gasteiger partial charge in [-0.25, -0.2) is 9.79 Å². The van der Waals surface area contributed by atoms with Crippen LogP contribution < -0.4 is 19.6 Å². The minimum Gasteiger partial charge on any atom is -0.463 e. The number of ether oxygens (including phenoxy) is 2. The third kappa shape index (κ3) is 5.29. The molecule has 41 heavy (non-hydrogen) atoms. The van der Waals surface area contributed by atoms with Gasteiger partial charge in [0.2, 0.25) is 5.75 Å². The first-order valence-corrected chi connectivity index (χ1v) is 13.8. The second-order valence-corrected chi connectivity index (χ2v) is 10.6. The van der Waals surface area contributed by atoms with Gasteiger partial charge in [-0.15, -0.1) is 11.3 Å². The predicted molar refractivity (Wildman–Crippen MR) is 151 cm³/mol. The zero-order chi connectivity index (χ0) is 29.3. The average Bonchev–Trinajstić information content (AvgIpc) is 3.57. The van der Waals surface area contributed by atoms with E-state index in [0.717, 1.165) is 34.4 Å². The SMILES string of the molecule is CCOC(=O)C1=C(C)N=c2s/c(=C/c3ccccc3Oc3ccc([N+](=O)[O-])cc3[N+](=O)[O-])c(=O)n2[C@@H]1c1cccs1. The molecule has 2 aromatic heterocycles. The molecule has 0 radical (unpaired) electrons. The summed E-state index contributed by atoms with van der Waals surface area (Å²) in [6.07, 6.45) is 1.57. The van der Waals surface area contributed by atoms with Crippen LogP contribution >= 0.6 is 22.7 Å². The summed E-state index contributed by atoms with van der Waals surface area (Å²) >= 11 is 2.52. The molecule has 0 saturated heterocycles. The molecular formula is C27H20N4O8S2. The van der Waals surface area contributed by atoms with Gasteiger partial charge in [0, 0.05) is 16.5 Å². The highest BCUT2D eigenvalue weighted by molar-refractivity contribution is 7.10. The lowest BCUT2D eigenvalue weighted by atomic mass is 10.0. The Kier molecular flexibility index (Phi) is 7.59. The largest absolute Gasteiger partial charge is 0.463 e. The number of thiophene rings is 1. The van der Waals surface area contributed by atoms with Gasteiger partial charge in [0.25, 0.3) is 11.2 Å². The molecular weight excluding hydrogens is 572 g/mol. The molecule has 0 unspecified atom stereocenters. The molecule has 5 rings (SSSR count). The molecule has 1 aliphatic heterocycles. The average molecular weight is 593 g/mol. The number of hydrogen-bond donors (Lipinski definition) is 0. The highest BCUT2D eigenvalue weighted by atomic mass is 32.1. The van der Waals surface area contributed by atoms with Gasteiger partial charge in [0.1, 0.15) is 11.8 Å². The maximum atomic E-state index is 13.8. The number of carbonyl (C=O) groups excluding carboxylic acids is 1. The zero-order valence-corrected chi connectivity index (χ0v) is 23.1. The van der Waals surface area contributed by atoms with E-state index in [4.69, 9.17) is 9.47 Å². The third-order valence-electron chi connectivity index (χ3n) is 6.11. The number of rotatable bonds is 8. The summed E-state index contributed by atoms with van der Waals surface area (Å²) in [6.45, 7) is 3.57. The van der Waals surface area contributed by atoms with Crippen molar-refractivity contribution in [3.05, 3.63) is 122 Å². The van der Waals surface area contributed by atoms with Gasteiger partial charge in [0.15, 0.2) is 4.80 Å². The van der Waals surface area contributed by atoms with Crippen molar-refractivity contribution in [2.75, 3.05) is 6.61 Å². The van der Waals surface area contributed by atoms with Gasteiger partial charge >= 0.3 is 11.7 Å². The molecule has 3 heterocycles.